The fraction of sp³-hybridized carbons (Fsp3) is 0.238. The lowest BCUT2D eigenvalue weighted by Crippen LogP contribution is -2.47. The van der Waals surface area contributed by atoms with E-state index < -0.39 is 0 Å². The first-order chi connectivity index (χ1) is 13.6. The fourth-order valence-corrected chi connectivity index (χ4v) is 5.03. The maximum Gasteiger partial charge on any atom is 0.229 e. The third-order valence-electron chi connectivity index (χ3n) is 5.00. The van der Waals surface area contributed by atoms with E-state index in [1.54, 1.807) is 12.0 Å². The van der Waals surface area contributed by atoms with E-state index in [2.05, 4.69) is 26.9 Å². The van der Waals surface area contributed by atoms with E-state index in [-0.39, 0.29) is 18.2 Å². The minimum Gasteiger partial charge on any atom is -0.496 e. The van der Waals surface area contributed by atoms with Crippen molar-refractivity contribution in [3.8, 4) is 11.8 Å². The van der Waals surface area contributed by atoms with Crippen molar-refractivity contribution in [3.05, 3.63) is 69.2 Å². The number of para-hydroxylation sites is 1. The summed E-state index contributed by atoms with van der Waals surface area (Å²) in [6.07, 6.45) is 0.265. The highest BCUT2D eigenvalue weighted by atomic mass is 79.9. The molecule has 0 saturated carbocycles. The average Bonchev–Trinajstić information content (AvgIpc) is 2.74. The van der Waals surface area contributed by atoms with Crippen LogP contribution in [0.1, 0.15) is 17.9 Å². The van der Waals surface area contributed by atoms with Crippen LogP contribution >= 0.6 is 27.7 Å². The molecule has 0 unspecified atom stereocenters. The molecule has 0 N–H and O–H groups in total. The number of methoxy groups -OCH3 is 1. The molecule has 0 aromatic heterocycles. The second-order valence-corrected chi connectivity index (χ2v) is 8.43. The topological polar surface area (TPSA) is 56.6 Å². The minimum atomic E-state index is -0.272. The smallest absolute Gasteiger partial charge is 0.229 e. The molecule has 4 rings (SSSR count). The number of hydrogen-bond acceptors (Lipinski definition) is 5. The van der Waals surface area contributed by atoms with Crippen LogP contribution < -0.4 is 9.64 Å². The van der Waals surface area contributed by atoms with E-state index in [0.29, 0.717) is 23.9 Å². The summed E-state index contributed by atoms with van der Waals surface area (Å²) in [5.41, 5.74) is 2.58. The van der Waals surface area contributed by atoms with E-state index in [1.807, 2.05) is 48.5 Å². The molecule has 28 heavy (non-hydrogen) atoms. The Hall–Kier alpha value is -2.43. The Labute approximate surface area is 176 Å². The summed E-state index contributed by atoms with van der Waals surface area (Å²) in [5, 5.41) is 10.7. The summed E-state index contributed by atoms with van der Waals surface area (Å²) in [6, 6.07) is 18.0. The van der Waals surface area contributed by atoms with Crippen LogP contribution in [0.4, 0.5) is 5.69 Å². The lowest BCUT2D eigenvalue weighted by molar-refractivity contribution is -0.129. The molecule has 1 amide bonds. The number of allylic oxidation sites excluding steroid dienone is 1. The maximum atomic E-state index is 13.0. The number of thioether (sulfide) groups is 1. The van der Waals surface area contributed by atoms with Crippen molar-refractivity contribution >= 4 is 39.3 Å². The van der Waals surface area contributed by atoms with Crippen LogP contribution in [-0.2, 0) is 4.79 Å². The van der Waals surface area contributed by atoms with Gasteiger partial charge >= 0.3 is 0 Å². The SMILES string of the molecule is COc1ccccc1[C@@H]1CC(=O)N2CN(c3ccc(Br)cc3)CSC2=C1C#N. The lowest BCUT2D eigenvalue weighted by atomic mass is 9.86. The summed E-state index contributed by atoms with van der Waals surface area (Å²) in [5.74, 6) is 1.15. The number of nitrogens with zero attached hydrogens (tertiary/aromatic N) is 3. The molecule has 0 radical (unpaired) electrons. The number of ether oxygens (including phenoxy) is 1. The van der Waals surface area contributed by atoms with Gasteiger partial charge in [0.15, 0.2) is 0 Å². The molecular weight excluding hydrogens is 438 g/mol. The van der Waals surface area contributed by atoms with Gasteiger partial charge in [0.2, 0.25) is 5.91 Å². The van der Waals surface area contributed by atoms with E-state index >= 15 is 0 Å². The van der Waals surface area contributed by atoms with Crippen LogP contribution in [-0.4, -0.2) is 30.5 Å². The minimum absolute atomic E-state index is 0.0271. The van der Waals surface area contributed by atoms with Crippen molar-refractivity contribution in [2.45, 2.75) is 12.3 Å². The molecule has 0 spiro atoms. The molecule has 2 aliphatic heterocycles. The van der Waals surface area contributed by atoms with Gasteiger partial charge in [0, 0.05) is 28.1 Å². The quantitative estimate of drug-likeness (QED) is 0.672. The number of carbonyl (C=O) groups excluding carboxylic acids is 1. The van der Waals surface area contributed by atoms with Crippen molar-refractivity contribution in [1.82, 2.24) is 4.90 Å². The number of anilines is 1. The van der Waals surface area contributed by atoms with Crippen LogP contribution in [0.3, 0.4) is 0 Å². The van der Waals surface area contributed by atoms with Gasteiger partial charge in [-0.15, -0.1) is 0 Å². The van der Waals surface area contributed by atoms with E-state index in [0.717, 1.165) is 20.8 Å². The summed E-state index contributed by atoms with van der Waals surface area (Å²) < 4.78 is 6.49. The Balaban J connectivity index is 1.68. The molecule has 0 bridgehead atoms. The number of amides is 1. The molecule has 2 heterocycles. The van der Waals surface area contributed by atoms with E-state index in [9.17, 15) is 10.1 Å². The van der Waals surface area contributed by atoms with Crippen LogP contribution in [0.5, 0.6) is 5.75 Å². The monoisotopic (exact) mass is 455 g/mol. The third-order valence-corrected chi connectivity index (χ3v) is 6.68. The highest BCUT2D eigenvalue weighted by Gasteiger charge is 2.39. The summed E-state index contributed by atoms with van der Waals surface area (Å²) in [6.45, 7) is 0.451. The molecule has 1 saturated heterocycles. The van der Waals surface area contributed by atoms with Crippen molar-refractivity contribution in [2.75, 3.05) is 24.6 Å². The predicted molar refractivity (Wildman–Crippen MR) is 114 cm³/mol. The highest BCUT2D eigenvalue weighted by molar-refractivity contribution is 9.10. The molecule has 5 nitrogen and oxygen atoms in total. The molecule has 142 valence electrons. The standard InChI is InChI=1S/C21H18BrN3O2S/c1-27-19-5-3-2-4-16(19)17-10-20(26)25-12-24(13-28-21(25)18(17)11-23)15-8-6-14(22)7-9-15/h2-9,17H,10,12-13H2,1H3/t17-/m0/s1. The van der Waals surface area contributed by atoms with Gasteiger partial charge in [-0.2, -0.15) is 5.26 Å². The summed E-state index contributed by atoms with van der Waals surface area (Å²) in [4.78, 5) is 16.9. The molecule has 1 fully saturated rings. The second kappa shape index (κ2) is 7.90. The summed E-state index contributed by atoms with van der Waals surface area (Å²) >= 11 is 4.99. The first-order valence-electron chi connectivity index (χ1n) is 8.83. The number of halogens is 1. The number of nitriles is 1. The first kappa shape index (κ1) is 18.9. The van der Waals surface area contributed by atoms with Crippen molar-refractivity contribution in [2.24, 2.45) is 0 Å². The van der Waals surface area contributed by atoms with Crippen molar-refractivity contribution in [3.63, 3.8) is 0 Å². The zero-order chi connectivity index (χ0) is 19.7. The molecule has 1 atom stereocenters. The van der Waals surface area contributed by atoms with E-state index in [4.69, 9.17) is 4.74 Å². The maximum absolute atomic E-state index is 13.0. The number of carbonyl (C=O) groups is 1. The number of rotatable bonds is 3. The van der Waals surface area contributed by atoms with Gasteiger partial charge in [-0.3, -0.25) is 9.69 Å². The second-order valence-electron chi connectivity index (χ2n) is 6.58. The molecule has 7 heteroatoms. The van der Waals surface area contributed by atoms with Crippen LogP contribution in [0.15, 0.2) is 63.6 Å². The zero-order valence-corrected chi connectivity index (χ0v) is 17.7. The highest BCUT2D eigenvalue weighted by Crippen LogP contribution is 2.45. The van der Waals surface area contributed by atoms with Gasteiger partial charge in [0.1, 0.15) is 5.75 Å². The largest absolute Gasteiger partial charge is 0.496 e. The van der Waals surface area contributed by atoms with Gasteiger partial charge in [-0.1, -0.05) is 45.9 Å². The van der Waals surface area contributed by atoms with Gasteiger partial charge < -0.3 is 9.64 Å². The van der Waals surface area contributed by atoms with Gasteiger partial charge in [-0.05, 0) is 30.3 Å². The van der Waals surface area contributed by atoms with Crippen molar-refractivity contribution in [1.29, 1.82) is 5.26 Å². The van der Waals surface area contributed by atoms with Gasteiger partial charge in [-0.25, -0.2) is 0 Å². The molecule has 2 aliphatic rings. The lowest BCUT2D eigenvalue weighted by Gasteiger charge is -2.42. The molecule has 2 aromatic carbocycles. The first-order valence-corrected chi connectivity index (χ1v) is 10.6. The Kier molecular flexibility index (Phi) is 5.33. The fourth-order valence-electron chi connectivity index (χ4n) is 3.60. The average molecular weight is 456 g/mol. The van der Waals surface area contributed by atoms with Gasteiger partial charge in [0.05, 0.1) is 36.3 Å². The number of hydrogen-bond donors (Lipinski definition) is 0. The van der Waals surface area contributed by atoms with Crippen LogP contribution in [0.2, 0.25) is 0 Å². The Bertz CT molecular complexity index is 984. The Morgan fingerprint density at radius 3 is 2.68 bits per heavy atom. The molecular formula is C21H18BrN3O2S. The van der Waals surface area contributed by atoms with E-state index in [1.165, 1.54) is 11.8 Å². The van der Waals surface area contributed by atoms with Gasteiger partial charge in [0.25, 0.3) is 0 Å². The molecule has 2 aromatic rings. The van der Waals surface area contributed by atoms with Crippen LogP contribution in [0.25, 0.3) is 0 Å². The normalized spacial score (nSPS) is 19.3. The van der Waals surface area contributed by atoms with Crippen LogP contribution in [0, 0.1) is 11.3 Å². The zero-order valence-electron chi connectivity index (χ0n) is 15.3. The Morgan fingerprint density at radius 1 is 1.21 bits per heavy atom. The number of fused-ring (bicyclic) bond motifs is 1. The number of benzene rings is 2. The predicted octanol–water partition coefficient (Wildman–Crippen LogP) is 4.68. The summed E-state index contributed by atoms with van der Waals surface area (Å²) in [7, 11) is 1.61. The molecule has 0 aliphatic carbocycles. The van der Waals surface area contributed by atoms with Crippen molar-refractivity contribution < 1.29 is 9.53 Å². The third kappa shape index (κ3) is 3.38. The Morgan fingerprint density at radius 2 is 1.96 bits per heavy atom.